The molecule has 2 aliphatic rings. The number of hydrogen-bond donors (Lipinski definition) is 3. The molecule has 2 saturated heterocycles. The summed E-state index contributed by atoms with van der Waals surface area (Å²) >= 11 is 3.65. The molecule has 1 aromatic carbocycles. The fourth-order valence-corrected chi connectivity index (χ4v) is 7.89. The number of nitrogens with one attached hydrogen (secondary N) is 1. The molecule has 3 aromatic rings. The van der Waals surface area contributed by atoms with E-state index in [1.54, 1.807) is 22.3 Å². The van der Waals surface area contributed by atoms with Gasteiger partial charge in [-0.25, -0.2) is 9.67 Å². The number of amides is 2. The molecule has 216 valence electrons. The van der Waals surface area contributed by atoms with E-state index in [1.807, 2.05) is 30.3 Å². The van der Waals surface area contributed by atoms with E-state index in [2.05, 4.69) is 27.5 Å². The Morgan fingerprint density at radius 1 is 1.29 bits per heavy atom. The van der Waals surface area contributed by atoms with Crippen molar-refractivity contribution in [1.29, 1.82) is 0 Å². The molecule has 0 bridgehead atoms. The zero-order chi connectivity index (χ0) is 29.0. The summed E-state index contributed by atoms with van der Waals surface area (Å²) in [5.41, 5.74) is 6.76. The highest BCUT2D eigenvalue weighted by Gasteiger charge is 2.58. The minimum Gasteiger partial charge on any atom is -0.480 e. The molecule has 0 aliphatic carbocycles. The van der Waals surface area contributed by atoms with Crippen molar-refractivity contribution in [3.05, 3.63) is 53.7 Å². The van der Waals surface area contributed by atoms with Crippen molar-refractivity contribution in [2.45, 2.75) is 47.4 Å². The first-order valence-electron chi connectivity index (χ1n) is 13.0. The molecule has 2 aliphatic heterocycles. The van der Waals surface area contributed by atoms with Gasteiger partial charge in [0.05, 0.1) is 11.9 Å². The van der Waals surface area contributed by atoms with Crippen LogP contribution in [0.3, 0.4) is 0 Å². The van der Waals surface area contributed by atoms with Crippen molar-refractivity contribution in [1.82, 2.24) is 25.0 Å². The zero-order valence-electron chi connectivity index (χ0n) is 22.1. The quantitative estimate of drug-likeness (QED) is 0.119. The molecule has 2 aromatic heterocycles. The number of rotatable bonds is 12. The summed E-state index contributed by atoms with van der Waals surface area (Å²) in [7, 11) is 0. The van der Waals surface area contributed by atoms with Gasteiger partial charge in [0.1, 0.15) is 33.5 Å². The fourth-order valence-electron chi connectivity index (χ4n) is 4.46. The summed E-state index contributed by atoms with van der Waals surface area (Å²) in [6.45, 7) is 2.40. The predicted octanol–water partition coefficient (Wildman–Crippen LogP) is 2.84. The van der Waals surface area contributed by atoms with Gasteiger partial charge in [0, 0.05) is 17.7 Å². The average molecular weight is 616 g/mol. The van der Waals surface area contributed by atoms with Gasteiger partial charge in [0.15, 0.2) is 10.8 Å². The van der Waals surface area contributed by atoms with E-state index in [0.29, 0.717) is 11.6 Å². The number of carbonyl (C=O) groups is 3. The number of benzene rings is 1. The molecule has 4 heterocycles. The highest BCUT2D eigenvalue weighted by Crippen LogP contribution is 2.46. The molecule has 41 heavy (non-hydrogen) atoms. The smallest absolute Gasteiger partial charge is 0.322 e. The minimum absolute atomic E-state index is 0.0139. The van der Waals surface area contributed by atoms with Crippen LogP contribution in [0.1, 0.15) is 31.9 Å². The first kappa shape index (κ1) is 29.0. The van der Waals surface area contributed by atoms with E-state index < -0.39 is 28.0 Å². The minimum atomic E-state index is -1.30. The van der Waals surface area contributed by atoms with Gasteiger partial charge in [-0.2, -0.15) is 5.10 Å². The van der Waals surface area contributed by atoms with Crippen LogP contribution in [0.4, 0.5) is 5.13 Å². The number of oxime groups is 1. The maximum absolute atomic E-state index is 13.2. The lowest BCUT2D eigenvalue weighted by Gasteiger charge is -2.53. The number of aromatic nitrogens is 3. The van der Waals surface area contributed by atoms with Crippen molar-refractivity contribution in [3.8, 4) is 5.69 Å². The maximum Gasteiger partial charge on any atom is 0.322 e. The Morgan fingerprint density at radius 3 is 2.80 bits per heavy atom. The summed E-state index contributed by atoms with van der Waals surface area (Å²) in [6, 6.07) is 10.3. The summed E-state index contributed by atoms with van der Waals surface area (Å²) in [6.07, 6.45) is 4.39. The first-order valence-corrected chi connectivity index (χ1v) is 15.7. The molecule has 12 nitrogen and oxygen atoms in total. The fraction of sp³-hybridized carbons (Fsp3) is 0.385. The molecule has 0 saturated carbocycles. The largest absolute Gasteiger partial charge is 0.480 e. The van der Waals surface area contributed by atoms with Crippen LogP contribution in [0.2, 0.25) is 0 Å². The van der Waals surface area contributed by atoms with Crippen LogP contribution in [0.5, 0.6) is 0 Å². The predicted molar refractivity (Wildman–Crippen MR) is 158 cm³/mol. The summed E-state index contributed by atoms with van der Waals surface area (Å²) in [4.78, 5) is 50.0. The number of thiazole rings is 1. The van der Waals surface area contributed by atoms with Crippen molar-refractivity contribution in [3.63, 3.8) is 0 Å². The third-order valence-corrected chi connectivity index (χ3v) is 10.4. The molecule has 2 fully saturated rings. The van der Waals surface area contributed by atoms with Gasteiger partial charge in [-0.3, -0.25) is 14.4 Å². The number of carbonyl (C=O) groups excluding carboxylic acids is 2. The number of nitrogens with zero attached hydrogens (tertiary/aromatic N) is 5. The number of β-lactam (4-membered cyclic amide) rings is 1. The molecule has 0 spiro atoms. The van der Waals surface area contributed by atoms with E-state index >= 15 is 0 Å². The second-order valence-corrected chi connectivity index (χ2v) is 12.9. The van der Waals surface area contributed by atoms with Gasteiger partial charge < -0.3 is 25.9 Å². The molecular formula is C26H29N7O5S3. The van der Waals surface area contributed by atoms with Gasteiger partial charge >= 0.3 is 5.97 Å². The summed E-state index contributed by atoms with van der Waals surface area (Å²) in [5.74, 6) is -1.77. The van der Waals surface area contributed by atoms with Crippen LogP contribution < -0.4 is 11.1 Å². The van der Waals surface area contributed by atoms with Crippen molar-refractivity contribution >= 4 is 63.5 Å². The lowest BCUT2D eigenvalue weighted by Crippen LogP contribution is -2.74. The normalized spacial score (nSPS) is 22.1. The monoisotopic (exact) mass is 615 g/mol. The van der Waals surface area contributed by atoms with E-state index in [9.17, 15) is 19.5 Å². The lowest BCUT2D eigenvalue weighted by molar-refractivity contribution is -0.151. The first-order chi connectivity index (χ1) is 19.8. The third kappa shape index (κ3) is 6.06. The molecule has 15 heteroatoms. The molecule has 2 amide bonds. The van der Waals surface area contributed by atoms with Crippen LogP contribution >= 0.6 is 34.9 Å². The number of unbranched alkanes of at least 4 members (excludes halogenated alkanes) is 2. The Bertz CT molecular complexity index is 1450. The van der Waals surface area contributed by atoms with Gasteiger partial charge in [0.25, 0.3) is 5.91 Å². The van der Waals surface area contributed by atoms with Crippen LogP contribution in [-0.4, -0.2) is 83.3 Å². The molecule has 1 unspecified atom stereocenters. The molecule has 0 radical (unpaired) electrons. The number of thioether (sulfide) groups is 2. The van der Waals surface area contributed by atoms with Crippen molar-refractivity contribution < 1.29 is 24.3 Å². The van der Waals surface area contributed by atoms with E-state index in [0.717, 1.165) is 36.3 Å². The Balaban J connectivity index is 1.28. The lowest BCUT2D eigenvalue weighted by atomic mass is 10.0. The highest BCUT2D eigenvalue weighted by atomic mass is 32.2. The zero-order valence-corrected chi connectivity index (χ0v) is 24.6. The van der Waals surface area contributed by atoms with Crippen molar-refractivity contribution in [2.24, 2.45) is 5.16 Å². The number of carboxylic acid groups (broad SMARTS) is 1. The van der Waals surface area contributed by atoms with Crippen LogP contribution in [0.15, 0.2) is 58.2 Å². The van der Waals surface area contributed by atoms with Gasteiger partial charge in [-0.1, -0.05) is 54.9 Å². The Morgan fingerprint density at radius 2 is 2.10 bits per heavy atom. The number of carboxylic acids is 1. The van der Waals surface area contributed by atoms with Gasteiger partial charge in [-0.15, -0.1) is 23.1 Å². The molecule has 5 rings (SSSR count). The van der Waals surface area contributed by atoms with Crippen LogP contribution in [0.25, 0.3) is 5.69 Å². The van der Waals surface area contributed by atoms with E-state index in [1.165, 1.54) is 28.4 Å². The number of nitrogen functional groups attached to an aromatic ring is 1. The number of fused-ring (bicyclic) bond motifs is 1. The Kier molecular flexibility index (Phi) is 8.85. The SMILES string of the molecule is CCCCCON=C(C(=O)N[C@@H]1C(=O)N2CC(Sc3ccnn3-c3ccccc3)(C(=O)O)CS[C@H]12)c1csc(N)n1. The van der Waals surface area contributed by atoms with Crippen molar-refractivity contribution in [2.75, 3.05) is 24.6 Å². The van der Waals surface area contributed by atoms with Crippen LogP contribution in [0, 0.1) is 0 Å². The Labute approximate surface area is 248 Å². The topological polar surface area (TPSA) is 165 Å². The summed E-state index contributed by atoms with van der Waals surface area (Å²) in [5, 5.41) is 23.5. The third-order valence-electron chi connectivity index (χ3n) is 6.61. The second-order valence-electron chi connectivity index (χ2n) is 9.49. The number of aliphatic carboxylic acids is 1. The number of anilines is 1. The second kappa shape index (κ2) is 12.5. The van der Waals surface area contributed by atoms with E-state index in [4.69, 9.17) is 10.6 Å². The average Bonchev–Trinajstić information content (AvgIpc) is 3.62. The standard InChI is InChI=1S/C26H29N7O5S3/c1-2-3-7-12-38-31-19(17-13-39-25(27)29-17)21(34)30-20-22(35)32-14-26(24(36)37,15-40-23(20)32)41-18-10-11-28-33(18)16-8-5-4-6-9-16/h4-6,8-11,13,20,23H,2-3,7,12,14-15H2,1H3,(H2,27,29)(H,30,34)(H,36,37)/t20-,23-,26?/m1/s1. The molecular weight excluding hydrogens is 587 g/mol. The van der Waals surface area contributed by atoms with Gasteiger partial charge in [0.2, 0.25) is 5.91 Å². The van der Waals surface area contributed by atoms with E-state index in [-0.39, 0.29) is 34.7 Å². The summed E-state index contributed by atoms with van der Waals surface area (Å²) < 4.78 is 0.388. The number of hydrogen-bond acceptors (Lipinski definition) is 11. The van der Waals surface area contributed by atoms with Crippen LogP contribution in [-0.2, 0) is 19.2 Å². The number of nitrogens with two attached hydrogens (primary N) is 1. The number of para-hydroxylation sites is 1. The Hall–Kier alpha value is -3.56. The highest BCUT2D eigenvalue weighted by molar-refractivity contribution is 8.05. The molecule has 4 N–H and O–H groups in total. The molecule has 3 atom stereocenters. The van der Waals surface area contributed by atoms with Gasteiger partial charge in [-0.05, 0) is 24.6 Å². The maximum atomic E-state index is 13.2.